The zero-order chi connectivity index (χ0) is 25.4. The van der Waals surface area contributed by atoms with Gasteiger partial charge in [0.2, 0.25) is 0 Å². The molecule has 5 rings (SSSR count). The number of hydrogen-bond donors (Lipinski definition) is 0. The summed E-state index contributed by atoms with van der Waals surface area (Å²) in [6.07, 6.45) is 1.67. The number of nitrogens with zero attached hydrogens (tertiary/aromatic N) is 5. The van der Waals surface area contributed by atoms with Gasteiger partial charge < -0.3 is 4.74 Å². The van der Waals surface area contributed by atoms with Crippen molar-refractivity contribution in [3.63, 3.8) is 0 Å². The van der Waals surface area contributed by atoms with Gasteiger partial charge in [0, 0.05) is 16.9 Å². The standard InChI is InChI=1S/C28H22ClN5O2/c1-17-6-11-22(29)14-24(17)34-18(2)13-23(32-34)26-19(3)31-27-25(5-4-12-33(27)28(26)35)36-16-21-9-7-20(15-30)8-10-21/h4-14H,16H2,1-3H3. The molecule has 0 aliphatic rings. The molecule has 0 radical (unpaired) electrons. The molecule has 0 fully saturated rings. The lowest BCUT2D eigenvalue weighted by molar-refractivity contribution is 0.308. The Labute approximate surface area is 212 Å². The van der Waals surface area contributed by atoms with Gasteiger partial charge in [-0.15, -0.1) is 0 Å². The van der Waals surface area contributed by atoms with Crippen molar-refractivity contribution in [3.8, 4) is 28.8 Å². The minimum atomic E-state index is -0.228. The minimum absolute atomic E-state index is 0.228. The molecule has 0 spiro atoms. The SMILES string of the molecule is Cc1ccc(Cl)cc1-n1nc(-c2c(C)nc3c(OCc4ccc(C#N)cc4)cccn3c2=O)cc1C. The van der Waals surface area contributed by atoms with Crippen molar-refractivity contribution in [1.29, 1.82) is 5.26 Å². The van der Waals surface area contributed by atoms with E-state index in [-0.39, 0.29) is 12.2 Å². The summed E-state index contributed by atoms with van der Waals surface area (Å²) in [5.41, 5.74) is 5.97. The number of benzene rings is 2. The summed E-state index contributed by atoms with van der Waals surface area (Å²) >= 11 is 6.22. The van der Waals surface area contributed by atoms with Gasteiger partial charge in [-0.1, -0.05) is 29.8 Å². The lowest BCUT2D eigenvalue weighted by Gasteiger charge is -2.12. The highest BCUT2D eigenvalue weighted by Gasteiger charge is 2.19. The van der Waals surface area contributed by atoms with E-state index >= 15 is 0 Å². The molecule has 0 amide bonds. The summed E-state index contributed by atoms with van der Waals surface area (Å²) in [5.74, 6) is 0.491. The summed E-state index contributed by atoms with van der Waals surface area (Å²) in [7, 11) is 0. The summed E-state index contributed by atoms with van der Waals surface area (Å²) in [5, 5.41) is 14.3. The number of ether oxygens (including phenoxy) is 1. The Balaban J connectivity index is 1.54. The molecule has 7 nitrogen and oxygen atoms in total. The Morgan fingerprint density at radius 3 is 2.58 bits per heavy atom. The molecule has 0 unspecified atom stereocenters. The monoisotopic (exact) mass is 495 g/mol. The highest BCUT2D eigenvalue weighted by Crippen LogP contribution is 2.26. The largest absolute Gasteiger partial charge is 0.485 e. The van der Waals surface area contributed by atoms with Crippen LogP contribution in [0.5, 0.6) is 5.75 Å². The van der Waals surface area contributed by atoms with Crippen LogP contribution in [0.1, 0.15) is 28.1 Å². The van der Waals surface area contributed by atoms with E-state index in [0.29, 0.717) is 38.9 Å². The molecule has 36 heavy (non-hydrogen) atoms. The summed E-state index contributed by atoms with van der Waals surface area (Å²) in [6, 6.07) is 20.3. The first-order valence-electron chi connectivity index (χ1n) is 11.3. The van der Waals surface area contributed by atoms with Gasteiger partial charge in [-0.05, 0) is 74.4 Å². The first-order valence-corrected chi connectivity index (χ1v) is 11.7. The van der Waals surface area contributed by atoms with Gasteiger partial charge in [-0.3, -0.25) is 9.20 Å². The minimum Gasteiger partial charge on any atom is -0.485 e. The molecule has 0 atom stereocenters. The molecular formula is C28H22ClN5O2. The molecule has 0 saturated carbocycles. The van der Waals surface area contributed by atoms with Crippen molar-refractivity contribution in [2.75, 3.05) is 0 Å². The average molecular weight is 496 g/mol. The zero-order valence-corrected chi connectivity index (χ0v) is 20.7. The van der Waals surface area contributed by atoms with Gasteiger partial charge in [0.1, 0.15) is 12.3 Å². The third kappa shape index (κ3) is 4.23. The Morgan fingerprint density at radius 2 is 1.83 bits per heavy atom. The fourth-order valence-electron chi connectivity index (χ4n) is 4.14. The van der Waals surface area contributed by atoms with Crippen molar-refractivity contribution in [2.45, 2.75) is 27.4 Å². The Kier molecular flexibility index (Phi) is 6.05. The van der Waals surface area contributed by atoms with Crippen molar-refractivity contribution >= 4 is 17.2 Å². The van der Waals surface area contributed by atoms with Crippen LogP contribution >= 0.6 is 11.6 Å². The number of halogens is 1. The number of rotatable bonds is 5. The second kappa shape index (κ2) is 9.33. The molecule has 0 aliphatic heterocycles. The Hall–Kier alpha value is -4.41. The van der Waals surface area contributed by atoms with Gasteiger partial charge in [0.05, 0.1) is 28.6 Å². The number of aryl methyl sites for hydroxylation is 3. The van der Waals surface area contributed by atoms with Crippen LogP contribution in [-0.2, 0) is 6.61 Å². The molecule has 3 heterocycles. The molecule has 8 heteroatoms. The van der Waals surface area contributed by atoms with Crippen molar-refractivity contribution in [2.24, 2.45) is 0 Å². The van der Waals surface area contributed by atoms with Crippen LogP contribution in [0.15, 0.2) is 71.7 Å². The highest BCUT2D eigenvalue weighted by molar-refractivity contribution is 6.30. The fourth-order valence-corrected chi connectivity index (χ4v) is 4.30. The molecule has 0 bridgehead atoms. The lowest BCUT2D eigenvalue weighted by Crippen LogP contribution is -2.19. The Bertz CT molecular complexity index is 1710. The topological polar surface area (TPSA) is 85.2 Å². The molecule has 5 aromatic rings. The van der Waals surface area contributed by atoms with Crippen LogP contribution in [0.25, 0.3) is 22.6 Å². The molecule has 3 aromatic heterocycles. The molecule has 0 saturated heterocycles. The third-order valence-electron chi connectivity index (χ3n) is 6.02. The Morgan fingerprint density at radius 1 is 1.06 bits per heavy atom. The van der Waals surface area contributed by atoms with E-state index in [1.54, 1.807) is 42.1 Å². The number of hydrogen-bond acceptors (Lipinski definition) is 5. The first-order chi connectivity index (χ1) is 17.4. The lowest BCUT2D eigenvalue weighted by atomic mass is 10.1. The van der Waals surface area contributed by atoms with Crippen LogP contribution < -0.4 is 10.3 Å². The number of nitriles is 1. The van der Waals surface area contributed by atoms with Gasteiger partial charge in [-0.2, -0.15) is 10.4 Å². The first kappa shape index (κ1) is 23.3. The number of fused-ring (bicyclic) bond motifs is 1. The summed E-state index contributed by atoms with van der Waals surface area (Å²) < 4.78 is 9.28. The average Bonchev–Trinajstić information content (AvgIpc) is 3.25. The predicted molar refractivity (Wildman–Crippen MR) is 139 cm³/mol. The maximum atomic E-state index is 13.6. The fraction of sp³-hybridized carbons (Fsp3) is 0.143. The van der Waals surface area contributed by atoms with Crippen LogP contribution in [0.4, 0.5) is 0 Å². The highest BCUT2D eigenvalue weighted by atomic mass is 35.5. The molecule has 178 valence electrons. The van der Waals surface area contributed by atoms with Gasteiger partial charge in [-0.25, -0.2) is 9.67 Å². The quantitative estimate of drug-likeness (QED) is 0.318. The van der Waals surface area contributed by atoms with Crippen molar-refractivity contribution in [3.05, 3.63) is 110 Å². The molecule has 2 aromatic carbocycles. The summed E-state index contributed by atoms with van der Waals surface area (Å²) in [4.78, 5) is 18.3. The van der Waals surface area contributed by atoms with Gasteiger partial charge in [0.15, 0.2) is 11.4 Å². The van der Waals surface area contributed by atoms with Crippen LogP contribution in [0.2, 0.25) is 5.02 Å². The normalized spacial score (nSPS) is 11.0. The maximum Gasteiger partial charge on any atom is 0.267 e. The maximum absolute atomic E-state index is 13.6. The predicted octanol–water partition coefficient (Wildman–Crippen LogP) is 5.58. The molecular weight excluding hydrogens is 474 g/mol. The molecule has 0 N–H and O–H groups in total. The van der Waals surface area contributed by atoms with Crippen LogP contribution in [0.3, 0.4) is 0 Å². The van der Waals surface area contributed by atoms with E-state index < -0.39 is 0 Å². The molecule has 0 aliphatic carbocycles. The van der Waals surface area contributed by atoms with E-state index in [0.717, 1.165) is 22.5 Å². The van der Waals surface area contributed by atoms with E-state index in [1.807, 2.05) is 50.2 Å². The number of pyridine rings is 1. The van der Waals surface area contributed by atoms with E-state index in [1.165, 1.54) is 4.40 Å². The van der Waals surface area contributed by atoms with E-state index in [2.05, 4.69) is 6.07 Å². The van der Waals surface area contributed by atoms with E-state index in [9.17, 15) is 4.79 Å². The smallest absolute Gasteiger partial charge is 0.267 e. The second-order valence-electron chi connectivity index (χ2n) is 8.55. The summed E-state index contributed by atoms with van der Waals surface area (Å²) in [6.45, 7) is 6.01. The van der Waals surface area contributed by atoms with Crippen LogP contribution in [0, 0.1) is 32.1 Å². The third-order valence-corrected chi connectivity index (χ3v) is 6.25. The van der Waals surface area contributed by atoms with Crippen LogP contribution in [-0.4, -0.2) is 19.2 Å². The van der Waals surface area contributed by atoms with Crippen molar-refractivity contribution < 1.29 is 4.74 Å². The number of aromatic nitrogens is 4. The van der Waals surface area contributed by atoms with E-state index in [4.69, 9.17) is 31.7 Å². The zero-order valence-electron chi connectivity index (χ0n) is 20.0. The van der Waals surface area contributed by atoms with Gasteiger partial charge in [0.25, 0.3) is 5.56 Å². The second-order valence-corrected chi connectivity index (χ2v) is 8.99. The van der Waals surface area contributed by atoms with Gasteiger partial charge >= 0.3 is 0 Å². The van der Waals surface area contributed by atoms with Crippen molar-refractivity contribution in [1.82, 2.24) is 19.2 Å².